The zero-order chi connectivity index (χ0) is 14.8. The Hall–Kier alpha value is -1.64. The molecular weight excluding hydrogens is 258 g/mol. The van der Waals surface area contributed by atoms with E-state index >= 15 is 0 Å². The monoisotopic (exact) mass is 283 g/mol. The summed E-state index contributed by atoms with van der Waals surface area (Å²) in [6, 6.07) is 8.95. The van der Waals surface area contributed by atoms with Gasteiger partial charge in [0.2, 0.25) is 0 Å². The number of hydrogen-bond acceptors (Lipinski definition) is 3. The molecule has 112 valence electrons. The highest BCUT2D eigenvalue weighted by Gasteiger charge is 2.28. The quantitative estimate of drug-likeness (QED) is 0.897. The maximum atomic E-state index is 4.43. The molecule has 1 aromatic heterocycles. The molecule has 0 aliphatic heterocycles. The summed E-state index contributed by atoms with van der Waals surface area (Å²) in [5.74, 6) is 2.40. The highest BCUT2D eigenvalue weighted by molar-refractivity contribution is 5.92. The van der Waals surface area contributed by atoms with E-state index < -0.39 is 0 Å². The van der Waals surface area contributed by atoms with E-state index in [1.165, 1.54) is 36.5 Å². The first-order valence-corrected chi connectivity index (χ1v) is 8.15. The molecule has 1 aliphatic rings. The molecule has 0 saturated heterocycles. The van der Waals surface area contributed by atoms with Gasteiger partial charge in [0.05, 0.1) is 5.69 Å². The highest BCUT2D eigenvalue weighted by Crippen LogP contribution is 2.33. The van der Waals surface area contributed by atoms with Crippen LogP contribution in [0.15, 0.2) is 24.3 Å². The second kappa shape index (κ2) is 6.00. The highest BCUT2D eigenvalue weighted by atomic mass is 15.2. The lowest BCUT2D eigenvalue weighted by atomic mass is 9.78. The van der Waals surface area contributed by atoms with Crippen molar-refractivity contribution >= 4 is 16.6 Å². The zero-order valence-corrected chi connectivity index (χ0v) is 13.3. The maximum absolute atomic E-state index is 4.43. The second-order valence-electron chi connectivity index (χ2n) is 6.62. The zero-order valence-electron chi connectivity index (χ0n) is 13.3. The van der Waals surface area contributed by atoms with Crippen LogP contribution in [0.5, 0.6) is 0 Å². The van der Waals surface area contributed by atoms with Gasteiger partial charge in [-0.2, -0.15) is 5.10 Å². The summed E-state index contributed by atoms with van der Waals surface area (Å²) in [7, 11) is 0. The van der Waals surface area contributed by atoms with Gasteiger partial charge in [0.1, 0.15) is 0 Å². The lowest BCUT2D eigenvalue weighted by Gasteiger charge is -2.35. The maximum Gasteiger partial charge on any atom is 0.156 e. The van der Waals surface area contributed by atoms with Crippen LogP contribution >= 0.6 is 0 Å². The van der Waals surface area contributed by atoms with E-state index in [2.05, 4.69) is 53.6 Å². The van der Waals surface area contributed by atoms with Crippen LogP contribution in [0.3, 0.4) is 0 Å². The summed E-state index contributed by atoms with van der Waals surface area (Å²) in [6.07, 6.45) is 5.25. The molecule has 3 heteroatoms. The summed E-state index contributed by atoms with van der Waals surface area (Å²) in [6.45, 7) is 6.70. The van der Waals surface area contributed by atoms with Gasteiger partial charge >= 0.3 is 0 Å². The van der Waals surface area contributed by atoms with Crippen LogP contribution < -0.4 is 5.32 Å². The van der Waals surface area contributed by atoms with Crippen LogP contribution in [0.1, 0.15) is 45.2 Å². The summed E-state index contributed by atoms with van der Waals surface area (Å²) in [4.78, 5) is 0. The molecule has 1 N–H and O–H groups in total. The van der Waals surface area contributed by atoms with Gasteiger partial charge in [0.25, 0.3) is 0 Å². The van der Waals surface area contributed by atoms with Crippen molar-refractivity contribution in [3.63, 3.8) is 0 Å². The molecular formula is C18H25N3. The Labute approximate surface area is 127 Å². The van der Waals surface area contributed by atoms with Crippen molar-refractivity contribution in [2.24, 2.45) is 11.8 Å². The Morgan fingerprint density at radius 2 is 1.76 bits per heavy atom. The van der Waals surface area contributed by atoms with E-state index in [1.807, 2.05) is 6.92 Å². The fourth-order valence-corrected chi connectivity index (χ4v) is 3.66. The fourth-order valence-electron chi connectivity index (χ4n) is 3.66. The van der Waals surface area contributed by atoms with Gasteiger partial charge in [-0.15, -0.1) is 5.10 Å². The van der Waals surface area contributed by atoms with E-state index in [0.29, 0.717) is 12.0 Å². The first-order valence-electron chi connectivity index (χ1n) is 8.15. The Morgan fingerprint density at radius 3 is 2.52 bits per heavy atom. The smallest absolute Gasteiger partial charge is 0.156 e. The van der Waals surface area contributed by atoms with Gasteiger partial charge in [-0.05, 0) is 31.6 Å². The first kappa shape index (κ1) is 14.3. The predicted octanol–water partition coefficient (Wildman–Crippen LogP) is 4.56. The van der Waals surface area contributed by atoms with Crippen LogP contribution in [0.25, 0.3) is 10.8 Å². The standard InChI is InChI=1S/C18H25N3/c1-12(2)14-8-6-7-11-17(14)19-18-16-10-5-4-9-15(16)13(3)20-21-18/h4-5,9-10,12,14,17H,6-8,11H2,1-3H3,(H,19,21). The minimum Gasteiger partial charge on any atom is -0.365 e. The van der Waals surface area contributed by atoms with Gasteiger partial charge in [0, 0.05) is 16.8 Å². The van der Waals surface area contributed by atoms with E-state index in [0.717, 1.165) is 17.4 Å². The Morgan fingerprint density at radius 1 is 1.05 bits per heavy atom. The summed E-state index contributed by atoms with van der Waals surface area (Å²) >= 11 is 0. The largest absolute Gasteiger partial charge is 0.365 e. The number of benzene rings is 1. The van der Waals surface area contributed by atoms with Crippen molar-refractivity contribution in [2.45, 2.75) is 52.5 Å². The van der Waals surface area contributed by atoms with Crippen molar-refractivity contribution in [1.82, 2.24) is 10.2 Å². The molecule has 0 radical (unpaired) electrons. The number of nitrogens with one attached hydrogen (secondary N) is 1. The SMILES string of the molecule is Cc1nnc(NC2CCCCC2C(C)C)c2ccccc12. The van der Waals surface area contributed by atoms with Crippen molar-refractivity contribution < 1.29 is 0 Å². The Balaban J connectivity index is 1.92. The van der Waals surface area contributed by atoms with Crippen LogP contribution in [0.4, 0.5) is 5.82 Å². The molecule has 1 aliphatic carbocycles. The van der Waals surface area contributed by atoms with E-state index in [-0.39, 0.29) is 0 Å². The number of rotatable bonds is 3. The van der Waals surface area contributed by atoms with Gasteiger partial charge in [0.15, 0.2) is 5.82 Å². The summed E-state index contributed by atoms with van der Waals surface area (Å²) in [5.41, 5.74) is 1.00. The van der Waals surface area contributed by atoms with E-state index in [4.69, 9.17) is 0 Å². The third kappa shape index (κ3) is 2.87. The lowest BCUT2D eigenvalue weighted by Crippen LogP contribution is -2.35. The van der Waals surface area contributed by atoms with Crippen LogP contribution in [0.2, 0.25) is 0 Å². The fraction of sp³-hybridized carbons (Fsp3) is 0.556. The van der Waals surface area contributed by atoms with Crippen molar-refractivity contribution in [1.29, 1.82) is 0 Å². The summed E-state index contributed by atoms with van der Waals surface area (Å²) < 4.78 is 0. The minimum absolute atomic E-state index is 0.527. The molecule has 1 heterocycles. The van der Waals surface area contributed by atoms with Crippen molar-refractivity contribution in [3.05, 3.63) is 30.0 Å². The average molecular weight is 283 g/mol. The molecule has 3 rings (SSSR count). The van der Waals surface area contributed by atoms with Crippen LogP contribution in [-0.2, 0) is 0 Å². The number of anilines is 1. The molecule has 0 bridgehead atoms. The minimum atomic E-state index is 0.527. The number of nitrogens with zero attached hydrogens (tertiary/aromatic N) is 2. The van der Waals surface area contributed by atoms with Gasteiger partial charge in [-0.1, -0.05) is 51.0 Å². The molecule has 0 amide bonds. The number of aromatic nitrogens is 2. The third-order valence-electron chi connectivity index (χ3n) is 4.87. The van der Waals surface area contributed by atoms with Crippen molar-refractivity contribution in [2.75, 3.05) is 5.32 Å². The molecule has 2 aromatic rings. The van der Waals surface area contributed by atoms with E-state index in [1.54, 1.807) is 0 Å². The molecule has 1 fully saturated rings. The normalized spacial score (nSPS) is 22.7. The number of hydrogen-bond donors (Lipinski definition) is 1. The Kier molecular flexibility index (Phi) is 4.09. The molecule has 2 unspecified atom stereocenters. The van der Waals surface area contributed by atoms with Gasteiger partial charge in [-0.3, -0.25) is 0 Å². The topological polar surface area (TPSA) is 37.8 Å². The molecule has 1 saturated carbocycles. The summed E-state index contributed by atoms with van der Waals surface area (Å²) in [5, 5.41) is 14.9. The molecule has 3 nitrogen and oxygen atoms in total. The van der Waals surface area contributed by atoms with Gasteiger partial charge < -0.3 is 5.32 Å². The van der Waals surface area contributed by atoms with Gasteiger partial charge in [-0.25, -0.2) is 0 Å². The molecule has 21 heavy (non-hydrogen) atoms. The molecule has 2 atom stereocenters. The van der Waals surface area contributed by atoms with Crippen LogP contribution in [-0.4, -0.2) is 16.2 Å². The Bertz CT molecular complexity index is 621. The average Bonchev–Trinajstić information content (AvgIpc) is 2.51. The van der Waals surface area contributed by atoms with Crippen molar-refractivity contribution in [3.8, 4) is 0 Å². The van der Waals surface area contributed by atoms with Crippen LogP contribution in [0, 0.1) is 18.8 Å². The first-order chi connectivity index (χ1) is 10.2. The number of aryl methyl sites for hydroxylation is 1. The predicted molar refractivity (Wildman–Crippen MR) is 88.5 cm³/mol. The molecule has 1 aromatic carbocycles. The third-order valence-corrected chi connectivity index (χ3v) is 4.87. The molecule has 0 spiro atoms. The second-order valence-corrected chi connectivity index (χ2v) is 6.62. The number of fused-ring (bicyclic) bond motifs is 1. The van der Waals surface area contributed by atoms with E-state index in [9.17, 15) is 0 Å². The lowest BCUT2D eigenvalue weighted by molar-refractivity contribution is 0.253.